The molecule has 4 aromatic heterocycles. The predicted molar refractivity (Wildman–Crippen MR) is 221 cm³/mol. The van der Waals surface area contributed by atoms with Crippen LogP contribution in [0, 0.1) is 34.1 Å². The third kappa shape index (κ3) is 5.26. The van der Waals surface area contributed by atoms with E-state index in [9.17, 15) is 9.59 Å². The van der Waals surface area contributed by atoms with Crippen molar-refractivity contribution in [1.29, 1.82) is 0 Å². The molecule has 6 aromatic rings. The van der Waals surface area contributed by atoms with Crippen molar-refractivity contribution in [2.75, 3.05) is 21.1 Å². The lowest BCUT2D eigenvalue weighted by molar-refractivity contribution is 0.0820. The molecule has 0 aliphatic heterocycles. The number of hydrogen-bond donors (Lipinski definition) is 1. The molecule has 16 heteroatoms. The molecular formula is C47H42F4N10O2. The zero-order valence-electron chi connectivity index (χ0n) is 35.6. The van der Waals surface area contributed by atoms with Gasteiger partial charge in [0, 0.05) is 33.5 Å². The van der Waals surface area contributed by atoms with Crippen LogP contribution in [0.25, 0.3) is 22.5 Å². The van der Waals surface area contributed by atoms with Crippen molar-refractivity contribution in [1.82, 2.24) is 50.5 Å². The molecule has 4 heterocycles. The minimum atomic E-state index is -1.13. The standard InChI is InChI=1S/C47H42F4N10O2/c1-44(2)26-13-14-46(44,34-20-53-18-32(55-34)42(62)52-5)40-23(26)15-31(58-59-40)37-29(50)12-11-22(39(37)51)25-17-47(35-21-54-19-33(56-35)43(63)61(6)7)41-24(38(25)45(47,3)4)16-30(57-60-41)36-27(48)9-8-10-28(36)49/h8-12,15-16,18-21,25-26,38H,13-14,17H2,1-7H3,(H,52,62)/t25?,26-,38+,46-,47-/m0/s1. The van der Waals surface area contributed by atoms with E-state index in [2.05, 4.69) is 44.4 Å². The van der Waals surface area contributed by atoms with Gasteiger partial charge < -0.3 is 10.2 Å². The number of carbonyl (C=O) groups is 2. The van der Waals surface area contributed by atoms with Gasteiger partial charge in [-0.15, -0.1) is 10.2 Å². The molecule has 0 radical (unpaired) electrons. The second-order valence-electron chi connectivity index (χ2n) is 18.5. The molecule has 2 fully saturated rings. The number of halogens is 4. The quantitative estimate of drug-likeness (QED) is 0.159. The first-order valence-corrected chi connectivity index (χ1v) is 20.8. The third-order valence-corrected chi connectivity index (χ3v) is 15.0. The number of amides is 2. The minimum absolute atomic E-state index is 0.0239. The van der Waals surface area contributed by atoms with E-state index in [4.69, 9.17) is 15.1 Å². The molecule has 0 spiro atoms. The van der Waals surface area contributed by atoms with Crippen LogP contribution in [0.4, 0.5) is 17.6 Å². The molecule has 320 valence electrons. The molecule has 2 saturated carbocycles. The van der Waals surface area contributed by atoms with Crippen LogP contribution in [0.15, 0.2) is 67.3 Å². The summed E-state index contributed by atoms with van der Waals surface area (Å²) in [6, 6.07) is 9.53. The molecule has 4 aliphatic carbocycles. The Morgan fingerprint density at radius 1 is 0.698 bits per heavy atom. The average molecular weight is 855 g/mol. The van der Waals surface area contributed by atoms with E-state index in [-0.39, 0.29) is 63.6 Å². The first kappa shape index (κ1) is 40.5. The second-order valence-corrected chi connectivity index (χ2v) is 18.5. The number of hydrogen-bond acceptors (Lipinski definition) is 10. The summed E-state index contributed by atoms with van der Waals surface area (Å²) in [7, 11) is 4.73. The highest BCUT2D eigenvalue weighted by atomic mass is 19.1. The Balaban J connectivity index is 1.12. The molecule has 0 saturated heterocycles. The molecule has 1 unspecified atom stereocenters. The van der Waals surface area contributed by atoms with Crippen LogP contribution in [0.3, 0.4) is 0 Å². The summed E-state index contributed by atoms with van der Waals surface area (Å²) < 4.78 is 64.5. The van der Waals surface area contributed by atoms with E-state index in [0.717, 1.165) is 24.1 Å². The van der Waals surface area contributed by atoms with Crippen molar-refractivity contribution in [3.8, 4) is 22.5 Å². The Kier molecular flexibility index (Phi) is 8.81. The summed E-state index contributed by atoms with van der Waals surface area (Å²) in [6.07, 6.45) is 7.61. The summed E-state index contributed by atoms with van der Waals surface area (Å²) in [5, 5.41) is 20.8. The number of nitrogens with zero attached hydrogens (tertiary/aromatic N) is 9. The lowest BCUT2D eigenvalue weighted by Crippen LogP contribution is -2.38. The highest BCUT2D eigenvalue weighted by Gasteiger charge is 2.69. The fourth-order valence-electron chi connectivity index (χ4n) is 12.0. The van der Waals surface area contributed by atoms with Crippen molar-refractivity contribution in [3.63, 3.8) is 0 Å². The van der Waals surface area contributed by atoms with Crippen LogP contribution in [-0.4, -0.2) is 78.2 Å². The summed E-state index contributed by atoms with van der Waals surface area (Å²) in [4.78, 5) is 45.6. The lowest BCUT2D eigenvalue weighted by Gasteiger charge is -2.37. The van der Waals surface area contributed by atoms with Gasteiger partial charge in [0.2, 0.25) is 0 Å². The van der Waals surface area contributed by atoms with Crippen molar-refractivity contribution in [2.24, 2.45) is 10.8 Å². The van der Waals surface area contributed by atoms with Gasteiger partial charge in [-0.05, 0) is 94.9 Å². The Hall–Kier alpha value is -6.58. The van der Waals surface area contributed by atoms with E-state index in [1.165, 1.54) is 42.5 Å². The van der Waals surface area contributed by atoms with Crippen LogP contribution in [-0.2, 0) is 10.8 Å². The van der Waals surface area contributed by atoms with Crippen molar-refractivity contribution < 1.29 is 27.2 Å². The first-order valence-electron chi connectivity index (χ1n) is 20.8. The summed E-state index contributed by atoms with van der Waals surface area (Å²) in [5.74, 6) is -5.32. The Labute approximate surface area is 360 Å². The number of rotatable bonds is 7. The fraction of sp³-hybridized carbons (Fsp3) is 0.362. The first-order chi connectivity index (χ1) is 30.0. The maximum Gasteiger partial charge on any atom is 0.273 e. The SMILES string of the molecule is CNC(=O)c1cncc([C@@]23CC[C@@H](c4cc(-c5c(F)ccc(C6C[C@]7(c8cncc(C(=O)N(C)C)n8)c8nnc(-c9c(F)cccc9F)cc8[C@H]6C7(C)C)c5F)nnc42)C3(C)C)n1. The van der Waals surface area contributed by atoms with Gasteiger partial charge >= 0.3 is 0 Å². The van der Waals surface area contributed by atoms with Gasteiger partial charge in [0.25, 0.3) is 11.8 Å². The molecule has 2 amide bonds. The smallest absolute Gasteiger partial charge is 0.273 e. The summed E-state index contributed by atoms with van der Waals surface area (Å²) in [6.45, 7) is 8.19. The lowest BCUT2D eigenvalue weighted by atomic mass is 9.66. The van der Waals surface area contributed by atoms with Gasteiger partial charge in [0.1, 0.15) is 34.7 Å². The van der Waals surface area contributed by atoms with E-state index >= 15 is 17.6 Å². The van der Waals surface area contributed by atoms with Crippen LogP contribution < -0.4 is 5.32 Å². The van der Waals surface area contributed by atoms with Gasteiger partial charge in [0.15, 0.2) is 0 Å². The molecule has 1 N–H and O–H groups in total. The maximum absolute atomic E-state index is 17.7. The van der Waals surface area contributed by atoms with Gasteiger partial charge in [-0.3, -0.25) is 19.6 Å². The zero-order valence-corrected chi connectivity index (χ0v) is 35.6. The monoisotopic (exact) mass is 854 g/mol. The second kappa shape index (κ2) is 13.7. The number of carbonyl (C=O) groups excluding carboxylic acids is 2. The highest BCUT2D eigenvalue weighted by molar-refractivity contribution is 5.92. The molecule has 12 nitrogen and oxygen atoms in total. The van der Waals surface area contributed by atoms with Crippen molar-refractivity contribution in [2.45, 2.75) is 75.5 Å². The molecular weight excluding hydrogens is 813 g/mol. The van der Waals surface area contributed by atoms with E-state index in [1.807, 2.05) is 13.8 Å². The molecule has 4 aliphatic rings. The maximum atomic E-state index is 17.7. The van der Waals surface area contributed by atoms with Gasteiger partial charge in [-0.25, -0.2) is 27.5 Å². The van der Waals surface area contributed by atoms with E-state index < -0.39 is 56.8 Å². The van der Waals surface area contributed by atoms with Crippen molar-refractivity contribution >= 4 is 11.8 Å². The Bertz CT molecular complexity index is 2940. The molecule has 5 atom stereocenters. The minimum Gasteiger partial charge on any atom is -0.354 e. The van der Waals surface area contributed by atoms with Gasteiger partial charge in [0.05, 0.1) is 68.5 Å². The normalized spacial score (nSPS) is 24.3. The summed E-state index contributed by atoms with van der Waals surface area (Å²) in [5.41, 5.74) is 0.0367. The average Bonchev–Trinajstić information content (AvgIpc) is 3.83. The van der Waals surface area contributed by atoms with Crippen LogP contribution in [0.1, 0.15) is 125 Å². The highest BCUT2D eigenvalue weighted by Crippen LogP contribution is 2.74. The zero-order chi connectivity index (χ0) is 44.5. The predicted octanol–water partition coefficient (Wildman–Crippen LogP) is 7.60. The topological polar surface area (TPSA) is 153 Å². The molecule has 63 heavy (non-hydrogen) atoms. The number of benzene rings is 2. The van der Waals surface area contributed by atoms with Gasteiger partial charge in [-0.2, -0.15) is 10.2 Å². The van der Waals surface area contributed by atoms with Crippen LogP contribution >= 0.6 is 0 Å². The third-order valence-electron chi connectivity index (χ3n) is 15.0. The number of aromatic nitrogens is 8. The van der Waals surface area contributed by atoms with Crippen molar-refractivity contribution in [3.05, 3.63) is 141 Å². The fourth-order valence-corrected chi connectivity index (χ4v) is 12.0. The molecule has 10 rings (SSSR count). The Morgan fingerprint density at radius 2 is 1.29 bits per heavy atom. The van der Waals surface area contributed by atoms with E-state index in [1.54, 1.807) is 38.6 Å². The van der Waals surface area contributed by atoms with Crippen LogP contribution in [0.5, 0.6) is 0 Å². The van der Waals surface area contributed by atoms with E-state index in [0.29, 0.717) is 34.8 Å². The largest absolute Gasteiger partial charge is 0.354 e. The van der Waals surface area contributed by atoms with Gasteiger partial charge in [-0.1, -0.05) is 39.8 Å². The molecule has 4 bridgehead atoms. The number of fused-ring (bicyclic) bond motifs is 10. The number of nitrogens with one attached hydrogen (secondary N) is 1. The molecule has 2 aromatic carbocycles. The summed E-state index contributed by atoms with van der Waals surface area (Å²) >= 11 is 0. The van der Waals surface area contributed by atoms with Crippen LogP contribution in [0.2, 0.25) is 0 Å². The Morgan fingerprint density at radius 3 is 1.95 bits per heavy atom.